The van der Waals surface area contributed by atoms with Crippen LogP contribution in [-0.2, 0) is 9.53 Å². The molecule has 16 heavy (non-hydrogen) atoms. The van der Waals surface area contributed by atoms with Gasteiger partial charge in [0.15, 0.2) is 0 Å². The summed E-state index contributed by atoms with van der Waals surface area (Å²) in [5.41, 5.74) is -0.0157. The third kappa shape index (κ3) is 4.74. The zero-order valence-corrected chi connectivity index (χ0v) is 9.35. The van der Waals surface area contributed by atoms with Gasteiger partial charge in [0.05, 0.1) is 0 Å². The van der Waals surface area contributed by atoms with Crippen molar-refractivity contribution in [3.8, 4) is 0 Å². The molecule has 0 spiro atoms. The molecule has 0 aromatic heterocycles. The number of esters is 1. The van der Waals surface area contributed by atoms with Crippen LogP contribution in [-0.4, -0.2) is 33.4 Å². The van der Waals surface area contributed by atoms with Crippen molar-refractivity contribution in [3.63, 3.8) is 0 Å². The normalized spacial score (nSPS) is 19.6. The highest BCUT2D eigenvalue weighted by atomic mass is 16.7. The maximum atomic E-state index is 11.5. The van der Waals surface area contributed by atoms with Crippen molar-refractivity contribution < 1.29 is 24.9 Å². The van der Waals surface area contributed by atoms with Gasteiger partial charge in [-0.05, 0) is 32.6 Å². The van der Waals surface area contributed by atoms with Gasteiger partial charge < -0.3 is 20.1 Å². The SMILES string of the molecule is CC(=CC(O)(O)O)C(=O)OC1CCCCC1. The van der Waals surface area contributed by atoms with E-state index in [9.17, 15) is 4.79 Å². The molecule has 1 rings (SSSR count). The Morgan fingerprint density at radius 3 is 2.31 bits per heavy atom. The zero-order chi connectivity index (χ0) is 12.2. The summed E-state index contributed by atoms with van der Waals surface area (Å²) in [6, 6.07) is 0. The Balaban J connectivity index is 2.48. The predicted molar refractivity (Wildman–Crippen MR) is 56.1 cm³/mol. The Kier molecular flexibility index (Phi) is 4.46. The van der Waals surface area contributed by atoms with Gasteiger partial charge in [-0.1, -0.05) is 6.42 Å². The Hall–Kier alpha value is -0.910. The van der Waals surface area contributed by atoms with Crippen LogP contribution < -0.4 is 0 Å². The first-order valence-electron chi connectivity index (χ1n) is 5.46. The highest BCUT2D eigenvalue weighted by molar-refractivity contribution is 5.87. The largest absolute Gasteiger partial charge is 0.459 e. The van der Waals surface area contributed by atoms with Gasteiger partial charge in [-0.2, -0.15) is 0 Å². The smallest absolute Gasteiger partial charge is 0.333 e. The van der Waals surface area contributed by atoms with Gasteiger partial charge in [0, 0.05) is 11.6 Å². The van der Waals surface area contributed by atoms with Crippen LogP contribution in [0.1, 0.15) is 39.0 Å². The molecule has 0 amide bonds. The number of aliphatic hydroxyl groups is 3. The van der Waals surface area contributed by atoms with Gasteiger partial charge in [0.2, 0.25) is 0 Å². The van der Waals surface area contributed by atoms with Crippen LogP contribution in [0.4, 0.5) is 0 Å². The van der Waals surface area contributed by atoms with Crippen LogP contribution in [0.5, 0.6) is 0 Å². The lowest BCUT2D eigenvalue weighted by Gasteiger charge is -2.22. The van der Waals surface area contributed by atoms with E-state index in [-0.39, 0.29) is 11.7 Å². The molecule has 5 heteroatoms. The Labute approximate surface area is 94.4 Å². The average Bonchev–Trinajstić information content (AvgIpc) is 2.16. The maximum absolute atomic E-state index is 11.5. The summed E-state index contributed by atoms with van der Waals surface area (Å²) in [4.78, 5) is 11.5. The summed E-state index contributed by atoms with van der Waals surface area (Å²) in [6.07, 6.45) is 5.52. The third-order valence-corrected chi connectivity index (χ3v) is 2.56. The second-order valence-electron chi connectivity index (χ2n) is 4.18. The van der Waals surface area contributed by atoms with E-state index in [4.69, 9.17) is 20.1 Å². The van der Waals surface area contributed by atoms with Crippen LogP contribution in [0.2, 0.25) is 0 Å². The van der Waals surface area contributed by atoms with E-state index in [1.54, 1.807) is 0 Å². The fraction of sp³-hybridized carbons (Fsp3) is 0.727. The first-order chi connectivity index (χ1) is 7.38. The van der Waals surface area contributed by atoms with Crippen molar-refractivity contribution in [1.82, 2.24) is 0 Å². The summed E-state index contributed by atoms with van der Waals surface area (Å²) >= 11 is 0. The van der Waals surface area contributed by atoms with Crippen LogP contribution >= 0.6 is 0 Å². The fourth-order valence-electron chi connectivity index (χ4n) is 1.78. The average molecular weight is 230 g/mol. The van der Waals surface area contributed by atoms with Gasteiger partial charge in [-0.15, -0.1) is 0 Å². The predicted octanol–water partition coefficient (Wildman–Crippen LogP) is 0.439. The molecule has 0 heterocycles. The zero-order valence-electron chi connectivity index (χ0n) is 9.35. The maximum Gasteiger partial charge on any atom is 0.333 e. The molecule has 0 radical (unpaired) electrons. The van der Waals surface area contributed by atoms with E-state index in [1.807, 2.05) is 0 Å². The van der Waals surface area contributed by atoms with E-state index < -0.39 is 11.9 Å². The van der Waals surface area contributed by atoms with Crippen molar-refractivity contribution in [2.75, 3.05) is 0 Å². The molecule has 0 bridgehead atoms. The summed E-state index contributed by atoms with van der Waals surface area (Å²) < 4.78 is 5.16. The minimum absolute atomic E-state index is 0.0157. The molecular weight excluding hydrogens is 212 g/mol. The molecule has 1 aliphatic carbocycles. The Bertz CT molecular complexity index is 271. The van der Waals surface area contributed by atoms with Crippen LogP contribution in [0.25, 0.3) is 0 Å². The molecule has 0 saturated heterocycles. The lowest BCUT2D eigenvalue weighted by Crippen LogP contribution is -2.27. The van der Waals surface area contributed by atoms with Crippen molar-refractivity contribution in [2.45, 2.75) is 51.1 Å². The molecule has 0 atom stereocenters. The molecule has 92 valence electrons. The van der Waals surface area contributed by atoms with Crippen molar-refractivity contribution in [2.24, 2.45) is 0 Å². The summed E-state index contributed by atoms with van der Waals surface area (Å²) in [5.74, 6) is -3.58. The summed E-state index contributed by atoms with van der Waals surface area (Å²) in [5, 5.41) is 26.0. The first kappa shape index (κ1) is 13.2. The van der Waals surface area contributed by atoms with Gasteiger partial charge >= 0.3 is 5.97 Å². The molecule has 0 unspecified atom stereocenters. The number of carbonyl (C=O) groups is 1. The number of rotatable bonds is 3. The highest BCUT2D eigenvalue weighted by Crippen LogP contribution is 2.21. The molecular formula is C11H18O5. The number of hydrogen-bond donors (Lipinski definition) is 3. The Morgan fingerprint density at radius 1 is 1.25 bits per heavy atom. The van der Waals surface area contributed by atoms with E-state index in [0.717, 1.165) is 32.1 Å². The van der Waals surface area contributed by atoms with Gasteiger partial charge in [-0.3, -0.25) is 0 Å². The molecule has 0 aromatic rings. The molecule has 1 saturated carbocycles. The van der Waals surface area contributed by atoms with Gasteiger partial charge in [-0.25, -0.2) is 4.79 Å². The summed E-state index contributed by atoms with van der Waals surface area (Å²) in [6.45, 7) is 1.36. The van der Waals surface area contributed by atoms with Crippen molar-refractivity contribution >= 4 is 5.97 Å². The molecule has 0 aliphatic heterocycles. The monoisotopic (exact) mass is 230 g/mol. The van der Waals surface area contributed by atoms with Crippen LogP contribution in [0.3, 0.4) is 0 Å². The molecule has 5 nitrogen and oxygen atoms in total. The number of hydrogen-bond acceptors (Lipinski definition) is 5. The second kappa shape index (κ2) is 5.43. The third-order valence-electron chi connectivity index (χ3n) is 2.56. The van der Waals surface area contributed by atoms with E-state index >= 15 is 0 Å². The lowest BCUT2D eigenvalue weighted by molar-refractivity contribution is -0.273. The minimum atomic E-state index is -2.96. The molecule has 1 fully saturated rings. The lowest BCUT2D eigenvalue weighted by atomic mass is 9.98. The molecule has 1 aliphatic rings. The van der Waals surface area contributed by atoms with E-state index in [1.165, 1.54) is 6.92 Å². The van der Waals surface area contributed by atoms with Crippen LogP contribution in [0.15, 0.2) is 11.6 Å². The highest BCUT2D eigenvalue weighted by Gasteiger charge is 2.21. The second-order valence-corrected chi connectivity index (χ2v) is 4.18. The summed E-state index contributed by atoms with van der Waals surface area (Å²) in [7, 11) is 0. The topological polar surface area (TPSA) is 87.0 Å². The van der Waals surface area contributed by atoms with Gasteiger partial charge in [0.25, 0.3) is 5.97 Å². The quantitative estimate of drug-likeness (QED) is 0.372. The number of ether oxygens (including phenoxy) is 1. The first-order valence-corrected chi connectivity index (χ1v) is 5.46. The van der Waals surface area contributed by atoms with Gasteiger partial charge in [0.1, 0.15) is 6.10 Å². The standard InChI is InChI=1S/C11H18O5/c1-8(7-11(13,14)15)10(12)16-9-5-3-2-4-6-9/h7,9,13-15H,2-6H2,1H3. The van der Waals surface area contributed by atoms with E-state index in [0.29, 0.717) is 6.08 Å². The van der Waals surface area contributed by atoms with Crippen molar-refractivity contribution in [1.29, 1.82) is 0 Å². The van der Waals surface area contributed by atoms with E-state index in [2.05, 4.69) is 0 Å². The molecule has 0 aromatic carbocycles. The Morgan fingerprint density at radius 2 is 1.81 bits per heavy atom. The van der Waals surface area contributed by atoms with Crippen LogP contribution in [0, 0.1) is 0 Å². The van der Waals surface area contributed by atoms with Crippen molar-refractivity contribution in [3.05, 3.63) is 11.6 Å². The fourth-order valence-corrected chi connectivity index (χ4v) is 1.78. The number of carbonyl (C=O) groups excluding carboxylic acids is 1. The minimum Gasteiger partial charge on any atom is -0.459 e. The molecule has 3 N–H and O–H groups in total.